The summed E-state index contributed by atoms with van der Waals surface area (Å²) in [4.78, 5) is 23.5. The number of hydrogen-bond donors (Lipinski definition) is 2. The van der Waals surface area contributed by atoms with E-state index in [-0.39, 0.29) is 6.03 Å². The number of nitrogens with zero attached hydrogens (tertiary/aromatic N) is 4. The van der Waals surface area contributed by atoms with Crippen molar-refractivity contribution in [1.82, 2.24) is 24.8 Å². The van der Waals surface area contributed by atoms with E-state index < -0.39 is 0 Å². The molecule has 0 radical (unpaired) electrons. The van der Waals surface area contributed by atoms with E-state index in [2.05, 4.69) is 51.2 Å². The largest absolute Gasteiger partial charge is 0.488 e. The fourth-order valence-corrected chi connectivity index (χ4v) is 5.79. The Morgan fingerprint density at radius 2 is 1.77 bits per heavy atom. The molecule has 0 bridgehead atoms. The summed E-state index contributed by atoms with van der Waals surface area (Å²) in [5, 5.41) is 4.02. The van der Waals surface area contributed by atoms with Crippen LogP contribution in [-0.4, -0.2) is 45.1 Å². The maximum absolute atomic E-state index is 12.6. The standard InChI is InChI=1S/C31H36N6O2/c1-21-11-13-36(14-12-21)31(38)33-17-23-15-24(16-23)37-18-26(28-29(32)34-20-35-30(28)37)25-9-5-6-10-27(25)39-19-22-7-3-2-4-8-22/h2-10,18,20-21,23-24H,11-17,19H2,1H3,(H,33,38)(H2,32,34,35). The van der Waals surface area contributed by atoms with Gasteiger partial charge >= 0.3 is 6.03 Å². The number of hydrogen-bond acceptors (Lipinski definition) is 5. The van der Waals surface area contributed by atoms with Gasteiger partial charge in [-0.25, -0.2) is 14.8 Å². The Bertz CT molecular complexity index is 1440. The zero-order valence-corrected chi connectivity index (χ0v) is 22.4. The molecule has 4 aromatic rings. The van der Waals surface area contributed by atoms with E-state index in [4.69, 9.17) is 10.5 Å². The highest BCUT2D eigenvalue weighted by Crippen LogP contribution is 2.44. The van der Waals surface area contributed by atoms with Crippen molar-refractivity contribution in [2.45, 2.75) is 45.3 Å². The average molecular weight is 525 g/mol. The van der Waals surface area contributed by atoms with Crippen LogP contribution >= 0.6 is 0 Å². The Morgan fingerprint density at radius 1 is 1.03 bits per heavy atom. The van der Waals surface area contributed by atoms with Gasteiger partial charge in [-0.1, -0.05) is 55.5 Å². The molecule has 2 fully saturated rings. The van der Waals surface area contributed by atoms with Gasteiger partial charge in [-0.3, -0.25) is 0 Å². The number of benzene rings is 2. The SMILES string of the molecule is CC1CCN(C(=O)NCC2CC(n3cc(-c4ccccc4OCc4ccccc4)c4c(N)ncnc43)C2)CC1. The van der Waals surface area contributed by atoms with Gasteiger partial charge in [0.05, 0.1) is 5.39 Å². The number of likely N-dealkylation sites (tertiary alicyclic amines) is 1. The summed E-state index contributed by atoms with van der Waals surface area (Å²) in [5.41, 5.74) is 10.3. The van der Waals surface area contributed by atoms with E-state index in [9.17, 15) is 4.79 Å². The Balaban J connectivity index is 1.18. The molecule has 1 aliphatic heterocycles. The van der Waals surface area contributed by atoms with Crippen LogP contribution in [0.5, 0.6) is 5.75 Å². The molecule has 39 heavy (non-hydrogen) atoms. The number of amides is 2. The highest BCUT2D eigenvalue weighted by atomic mass is 16.5. The summed E-state index contributed by atoms with van der Waals surface area (Å²) >= 11 is 0. The quantitative estimate of drug-likeness (QED) is 0.325. The van der Waals surface area contributed by atoms with E-state index in [1.807, 2.05) is 41.3 Å². The number of aromatic nitrogens is 3. The molecule has 0 spiro atoms. The minimum absolute atomic E-state index is 0.0756. The van der Waals surface area contributed by atoms with Gasteiger partial charge in [0.2, 0.25) is 0 Å². The zero-order valence-electron chi connectivity index (χ0n) is 22.4. The second-order valence-corrected chi connectivity index (χ2v) is 11.0. The van der Waals surface area contributed by atoms with Gasteiger partial charge in [0.25, 0.3) is 0 Å². The van der Waals surface area contributed by atoms with Crippen LogP contribution in [0.1, 0.15) is 44.2 Å². The van der Waals surface area contributed by atoms with Gasteiger partial charge in [-0.05, 0) is 49.1 Å². The van der Waals surface area contributed by atoms with E-state index in [1.54, 1.807) is 0 Å². The molecule has 1 saturated carbocycles. The number of para-hydroxylation sites is 1. The number of urea groups is 1. The molecule has 3 heterocycles. The lowest BCUT2D eigenvalue weighted by molar-refractivity contribution is 0.160. The van der Waals surface area contributed by atoms with Crippen molar-refractivity contribution in [1.29, 1.82) is 0 Å². The minimum Gasteiger partial charge on any atom is -0.488 e. The van der Waals surface area contributed by atoms with Crippen molar-refractivity contribution in [3.8, 4) is 16.9 Å². The number of ether oxygens (including phenoxy) is 1. The van der Waals surface area contributed by atoms with Crippen LogP contribution in [0.25, 0.3) is 22.2 Å². The van der Waals surface area contributed by atoms with Gasteiger partial charge in [0.1, 0.15) is 30.1 Å². The highest BCUT2D eigenvalue weighted by molar-refractivity contribution is 6.01. The molecule has 2 aliphatic rings. The molecule has 8 nitrogen and oxygen atoms in total. The summed E-state index contributed by atoms with van der Waals surface area (Å²) in [6.45, 7) is 5.16. The lowest BCUT2D eigenvalue weighted by Crippen LogP contribution is -2.46. The molecule has 1 saturated heterocycles. The zero-order chi connectivity index (χ0) is 26.8. The van der Waals surface area contributed by atoms with Crippen molar-refractivity contribution in [2.75, 3.05) is 25.4 Å². The Morgan fingerprint density at radius 3 is 2.56 bits per heavy atom. The molecule has 2 aromatic carbocycles. The van der Waals surface area contributed by atoms with Crippen molar-refractivity contribution in [3.63, 3.8) is 0 Å². The number of anilines is 1. The van der Waals surface area contributed by atoms with Gasteiger partial charge in [0.15, 0.2) is 0 Å². The maximum atomic E-state index is 12.6. The summed E-state index contributed by atoms with van der Waals surface area (Å²) in [7, 11) is 0. The van der Waals surface area contributed by atoms with Crippen LogP contribution in [-0.2, 0) is 6.61 Å². The summed E-state index contributed by atoms with van der Waals surface area (Å²) < 4.78 is 8.51. The Kier molecular flexibility index (Phi) is 7.09. The van der Waals surface area contributed by atoms with E-state index in [0.29, 0.717) is 36.8 Å². The second kappa shape index (κ2) is 11.0. The molecular formula is C31H36N6O2. The van der Waals surface area contributed by atoms with E-state index in [0.717, 1.165) is 72.2 Å². The van der Waals surface area contributed by atoms with Crippen molar-refractivity contribution in [3.05, 3.63) is 72.7 Å². The lowest BCUT2D eigenvalue weighted by atomic mass is 9.80. The number of nitrogens with two attached hydrogens (primary N) is 1. The molecule has 3 N–H and O–H groups in total. The van der Waals surface area contributed by atoms with Gasteiger partial charge < -0.3 is 25.3 Å². The molecule has 1 aliphatic carbocycles. The lowest BCUT2D eigenvalue weighted by Gasteiger charge is -2.37. The second-order valence-electron chi connectivity index (χ2n) is 11.0. The van der Waals surface area contributed by atoms with Crippen LogP contribution in [0.3, 0.4) is 0 Å². The third kappa shape index (κ3) is 5.28. The molecule has 0 atom stereocenters. The summed E-state index contributed by atoms with van der Waals surface area (Å²) in [6.07, 6.45) is 7.83. The number of nitrogen functional groups attached to an aromatic ring is 1. The smallest absolute Gasteiger partial charge is 0.317 e. The van der Waals surface area contributed by atoms with Crippen molar-refractivity contribution in [2.24, 2.45) is 11.8 Å². The number of nitrogens with one attached hydrogen (secondary N) is 1. The monoisotopic (exact) mass is 524 g/mol. The fraction of sp³-hybridized carbons (Fsp3) is 0.387. The first-order chi connectivity index (χ1) is 19.1. The van der Waals surface area contributed by atoms with Crippen LogP contribution < -0.4 is 15.8 Å². The van der Waals surface area contributed by atoms with Crippen molar-refractivity contribution < 1.29 is 9.53 Å². The fourth-order valence-electron chi connectivity index (χ4n) is 5.79. The molecular weight excluding hydrogens is 488 g/mol. The molecule has 2 aromatic heterocycles. The van der Waals surface area contributed by atoms with Crippen molar-refractivity contribution >= 4 is 22.9 Å². The number of carbonyl (C=O) groups is 1. The first-order valence-electron chi connectivity index (χ1n) is 14.0. The summed E-state index contributed by atoms with van der Waals surface area (Å²) in [6, 6.07) is 18.6. The molecule has 202 valence electrons. The Hall–Kier alpha value is -4.07. The number of piperidine rings is 1. The number of rotatable bonds is 7. The molecule has 0 unspecified atom stereocenters. The first kappa shape index (κ1) is 25.2. The molecule has 2 amide bonds. The predicted molar refractivity (Wildman–Crippen MR) is 153 cm³/mol. The minimum atomic E-state index is 0.0756. The van der Waals surface area contributed by atoms with Crippen LogP contribution in [0.4, 0.5) is 10.6 Å². The first-order valence-corrected chi connectivity index (χ1v) is 14.0. The third-order valence-electron chi connectivity index (χ3n) is 8.27. The van der Waals surface area contributed by atoms with Crippen LogP contribution in [0.2, 0.25) is 0 Å². The normalized spacial score (nSPS) is 19.6. The number of fused-ring (bicyclic) bond motifs is 1. The number of carbonyl (C=O) groups excluding carboxylic acids is 1. The van der Waals surface area contributed by atoms with Crippen LogP contribution in [0.15, 0.2) is 67.1 Å². The highest BCUT2D eigenvalue weighted by Gasteiger charge is 2.33. The van der Waals surface area contributed by atoms with Crippen LogP contribution in [0, 0.1) is 11.8 Å². The molecule has 8 heteroatoms. The third-order valence-corrected chi connectivity index (χ3v) is 8.27. The molecule has 6 rings (SSSR count). The average Bonchev–Trinajstić information content (AvgIpc) is 3.32. The van der Waals surface area contributed by atoms with Gasteiger partial charge in [-0.15, -0.1) is 0 Å². The van der Waals surface area contributed by atoms with Gasteiger partial charge in [0, 0.05) is 43.0 Å². The topological polar surface area (TPSA) is 98.3 Å². The predicted octanol–water partition coefficient (Wildman–Crippen LogP) is 5.65. The van der Waals surface area contributed by atoms with Gasteiger partial charge in [-0.2, -0.15) is 0 Å². The Labute approximate surface area is 229 Å². The maximum Gasteiger partial charge on any atom is 0.317 e. The van der Waals surface area contributed by atoms with E-state index >= 15 is 0 Å². The van der Waals surface area contributed by atoms with E-state index in [1.165, 1.54) is 6.33 Å². The summed E-state index contributed by atoms with van der Waals surface area (Å²) in [5.74, 6) is 2.42.